The summed E-state index contributed by atoms with van der Waals surface area (Å²) < 4.78 is 23.8. The third kappa shape index (κ3) is 3.71. The van der Waals surface area contributed by atoms with Gasteiger partial charge in [0.15, 0.2) is 0 Å². The molecule has 6 nitrogen and oxygen atoms in total. The zero-order valence-corrected chi connectivity index (χ0v) is 15.8. The van der Waals surface area contributed by atoms with Gasteiger partial charge >= 0.3 is 0 Å². The second-order valence-electron chi connectivity index (χ2n) is 6.60. The molecule has 144 valence electrons. The van der Waals surface area contributed by atoms with E-state index in [2.05, 4.69) is 10.1 Å². The van der Waals surface area contributed by atoms with Crippen molar-refractivity contribution in [2.45, 2.75) is 18.9 Å². The van der Waals surface area contributed by atoms with Crippen molar-refractivity contribution < 1.29 is 18.4 Å². The normalized spacial score (nSPS) is 16.6. The van der Waals surface area contributed by atoms with E-state index in [0.29, 0.717) is 41.1 Å². The summed E-state index contributed by atoms with van der Waals surface area (Å²) in [6, 6.07) is 11.5. The SMILES string of the molecule is COc1cccc(-c2noc(C3CC(=O)N(Cc4ccc(F)cc4Cl)C3)n2)c1. The standard InChI is InChI=1S/C20H17ClFN3O3/c1-27-16-4-2-3-12(7-16)19-23-20(28-24-19)14-8-18(26)25(11-14)10-13-5-6-15(22)9-17(13)21/h2-7,9,14H,8,10-11H2,1H3. The fourth-order valence-corrected chi connectivity index (χ4v) is 3.45. The molecule has 1 aliphatic rings. The minimum absolute atomic E-state index is 0.0356. The highest BCUT2D eigenvalue weighted by Crippen LogP contribution is 2.31. The maximum atomic E-state index is 13.2. The molecule has 8 heteroatoms. The molecule has 1 unspecified atom stereocenters. The second kappa shape index (κ2) is 7.59. The zero-order chi connectivity index (χ0) is 19.7. The summed E-state index contributed by atoms with van der Waals surface area (Å²) in [7, 11) is 1.59. The predicted molar refractivity (Wildman–Crippen MR) is 100 cm³/mol. The van der Waals surface area contributed by atoms with Gasteiger partial charge in [-0.05, 0) is 29.8 Å². The van der Waals surface area contributed by atoms with Gasteiger partial charge in [-0.1, -0.05) is 35.0 Å². The zero-order valence-electron chi connectivity index (χ0n) is 15.1. The van der Waals surface area contributed by atoms with Crippen molar-refractivity contribution in [1.82, 2.24) is 15.0 Å². The van der Waals surface area contributed by atoms with Gasteiger partial charge in [0, 0.05) is 30.1 Å². The van der Waals surface area contributed by atoms with Crippen molar-refractivity contribution >= 4 is 17.5 Å². The second-order valence-corrected chi connectivity index (χ2v) is 7.01. The molecule has 4 rings (SSSR count). The van der Waals surface area contributed by atoms with Crippen LogP contribution in [0.4, 0.5) is 4.39 Å². The van der Waals surface area contributed by atoms with Crippen LogP contribution in [-0.4, -0.2) is 34.6 Å². The molecule has 28 heavy (non-hydrogen) atoms. The van der Waals surface area contributed by atoms with E-state index in [9.17, 15) is 9.18 Å². The molecule has 3 aromatic rings. The Kier molecular flexibility index (Phi) is 5.00. The molecule has 1 atom stereocenters. The summed E-state index contributed by atoms with van der Waals surface area (Å²) in [6.45, 7) is 0.748. The maximum Gasteiger partial charge on any atom is 0.232 e. The molecule has 0 radical (unpaired) electrons. The first-order valence-corrected chi connectivity index (χ1v) is 9.11. The van der Waals surface area contributed by atoms with E-state index < -0.39 is 5.82 Å². The van der Waals surface area contributed by atoms with Crippen LogP contribution in [0.1, 0.15) is 23.8 Å². The Bertz CT molecular complexity index is 1020. The van der Waals surface area contributed by atoms with Gasteiger partial charge in [0.2, 0.25) is 17.6 Å². The van der Waals surface area contributed by atoms with Crippen LogP contribution in [-0.2, 0) is 11.3 Å². The number of hydrogen-bond donors (Lipinski definition) is 0. The third-order valence-corrected chi connectivity index (χ3v) is 5.06. The molecule has 0 N–H and O–H groups in total. The van der Waals surface area contributed by atoms with Crippen molar-refractivity contribution in [2.75, 3.05) is 13.7 Å². The van der Waals surface area contributed by atoms with Crippen LogP contribution in [0, 0.1) is 5.82 Å². The fourth-order valence-electron chi connectivity index (χ4n) is 3.23. The minimum Gasteiger partial charge on any atom is -0.497 e. The quantitative estimate of drug-likeness (QED) is 0.645. The van der Waals surface area contributed by atoms with Crippen LogP contribution >= 0.6 is 11.6 Å². The van der Waals surface area contributed by atoms with Gasteiger partial charge < -0.3 is 14.2 Å². The van der Waals surface area contributed by atoms with Gasteiger partial charge in [0.1, 0.15) is 11.6 Å². The van der Waals surface area contributed by atoms with Gasteiger partial charge in [0.05, 0.1) is 13.0 Å². The van der Waals surface area contributed by atoms with E-state index in [0.717, 1.165) is 5.56 Å². The molecule has 0 saturated carbocycles. The van der Waals surface area contributed by atoms with Crippen molar-refractivity contribution in [3.05, 3.63) is 64.8 Å². The first-order chi connectivity index (χ1) is 13.5. The number of nitrogens with zero attached hydrogens (tertiary/aromatic N) is 3. The molecular weight excluding hydrogens is 385 g/mol. The molecule has 1 aliphatic heterocycles. The number of hydrogen-bond acceptors (Lipinski definition) is 5. The van der Waals surface area contributed by atoms with Crippen LogP contribution in [0.15, 0.2) is 47.0 Å². The van der Waals surface area contributed by atoms with Gasteiger partial charge in [-0.2, -0.15) is 4.98 Å². The lowest BCUT2D eigenvalue weighted by molar-refractivity contribution is -0.128. The lowest BCUT2D eigenvalue weighted by Gasteiger charge is -2.17. The number of carbonyl (C=O) groups is 1. The first-order valence-electron chi connectivity index (χ1n) is 8.73. The number of amides is 1. The molecule has 1 aromatic heterocycles. The van der Waals surface area contributed by atoms with Crippen LogP contribution in [0.3, 0.4) is 0 Å². The molecule has 1 saturated heterocycles. The van der Waals surface area contributed by atoms with E-state index in [1.54, 1.807) is 18.1 Å². The molecule has 0 aliphatic carbocycles. The summed E-state index contributed by atoms with van der Waals surface area (Å²) in [5.74, 6) is 0.919. The Morgan fingerprint density at radius 2 is 2.18 bits per heavy atom. The van der Waals surface area contributed by atoms with Crippen LogP contribution in [0.25, 0.3) is 11.4 Å². The van der Waals surface area contributed by atoms with E-state index in [-0.39, 0.29) is 18.2 Å². The molecular formula is C20H17ClFN3O3. The minimum atomic E-state index is -0.407. The Hall–Kier alpha value is -2.93. The number of likely N-dealkylation sites (tertiary alicyclic amines) is 1. The maximum absolute atomic E-state index is 13.2. The van der Waals surface area contributed by atoms with Gasteiger partial charge in [-0.15, -0.1) is 0 Å². The lowest BCUT2D eigenvalue weighted by atomic mass is 10.1. The molecule has 2 heterocycles. The van der Waals surface area contributed by atoms with E-state index in [4.69, 9.17) is 20.9 Å². The number of methoxy groups -OCH3 is 1. The first kappa shape index (κ1) is 18.4. The van der Waals surface area contributed by atoms with Crippen molar-refractivity contribution in [2.24, 2.45) is 0 Å². The Morgan fingerprint density at radius 3 is 2.96 bits per heavy atom. The number of rotatable bonds is 5. The van der Waals surface area contributed by atoms with Gasteiger partial charge in [-0.25, -0.2) is 4.39 Å². The molecule has 1 amide bonds. The number of carbonyl (C=O) groups excluding carboxylic acids is 1. The highest BCUT2D eigenvalue weighted by Gasteiger charge is 2.34. The smallest absolute Gasteiger partial charge is 0.232 e. The highest BCUT2D eigenvalue weighted by molar-refractivity contribution is 6.31. The Morgan fingerprint density at radius 1 is 1.32 bits per heavy atom. The Balaban J connectivity index is 1.49. The fraction of sp³-hybridized carbons (Fsp3) is 0.250. The molecule has 0 bridgehead atoms. The third-order valence-electron chi connectivity index (χ3n) is 4.71. The topological polar surface area (TPSA) is 68.5 Å². The monoisotopic (exact) mass is 401 g/mol. The summed E-state index contributed by atoms with van der Waals surface area (Å²) >= 11 is 6.08. The molecule has 1 fully saturated rings. The summed E-state index contributed by atoms with van der Waals surface area (Å²) in [4.78, 5) is 18.5. The number of halogens is 2. The van der Waals surface area contributed by atoms with E-state index in [1.165, 1.54) is 12.1 Å². The lowest BCUT2D eigenvalue weighted by Crippen LogP contribution is -2.24. The van der Waals surface area contributed by atoms with Gasteiger partial charge in [0.25, 0.3) is 0 Å². The largest absolute Gasteiger partial charge is 0.497 e. The van der Waals surface area contributed by atoms with Crippen molar-refractivity contribution in [3.63, 3.8) is 0 Å². The average molecular weight is 402 g/mol. The van der Waals surface area contributed by atoms with Crippen LogP contribution < -0.4 is 4.74 Å². The van der Waals surface area contributed by atoms with Gasteiger partial charge in [-0.3, -0.25) is 4.79 Å². The summed E-state index contributed by atoms with van der Waals surface area (Å²) in [5.41, 5.74) is 1.47. The Labute approximate surface area is 165 Å². The number of aromatic nitrogens is 2. The molecule has 2 aromatic carbocycles. The summed E-state index contributed by atoms with van der Waals surface area (Å²) in [6.07, 6.45) is 0.276. The van der Waals surface area contributed by atoms with Crippen LogP contribution in [0.2, 0.25) is 5.02 Å². The average Bonchev–Trinajstić information content (AvgIpc) is 3.31. The highest BCUT2D eigenvalue weighted by atomic mass is 35.5. The van der Waals surface area contributed by atoms with E-state index in [1.807, 2.05) is 24.3 Å². The number of benzene rings is 2. The van der Waals surface area contributed by atoms with Crippen LogP contribution in [0.5, 0.6) is 5.75 Å². The van der Waals surface area contributed by atoms with Crippen molar-refractivity contribution in [1.29, 1.82) is 0 Å². The van der Waals surface area contributed by atoms with Crippen molar-refractivity contribution in [3.8, 4) is 17.1 Å². The predicted octanol–water partition coefficient (Wildman–Crippen LogP) is 4.05. The van der Waals surface area contributed by atoms with E-state index >= 15 is 0 Å². The summed E-state index contributed by atoms with van der Waals surface area (Å²) in [5, 5.41) is 4.33. The molecule has 0 spiro atoms. The number of ether oxygens (including phenoxy) is 1.